The fourth-order valence-corrected chi connectivity index (χ4v) is 2.55. The van der Waals surface area contributed by atoms with E-state index in [0.717, 1.165) is 34.8 Å². The summed E-state index contributed by atoms with van der Waals surface area (Å²) in [5.74, 6) is 0.959. The highest BCUT2D eigenvalue weighted by Gasteiger charge is 2.13. The van der Waals surface area contributed by atoms with Crippen molar-refractivity contribution in [3.8, 4) is 17.0 Å². The van der Waals surface area contributed by atoms with Gasteiger partial charge < -0.3 is 14.6 Å². The number of nitrogens with one attached hydrogen (secondary N) is 1. The largest absolute Gasteiger partial charge is 0.496 e. The van der Waals surface area contributed by atoms with Crippen LogP contribution in [0.4, 0.5) is 0 Å². The Labute approximate surface area is 114 Å². The van der Waals surface area contributed by atoms with Crippen molar-refractivity contribution < 1.29 is 4.74 Å². The standard InChI is InChI=1S/C15H21N3O/c1-10-6-12(7-11(2)15(10)19-5)14-13(8-16-3)17-9-18(14)4/h6-7,9,16H,8H2,1-5H3. The lowest BCUT2D eigenvalue weighted by molar-refractivity contribution is 0.408. The molecule has 1 heterocycles. The van der Waals surface area contributed by atoms with Gasteiger partial charge in [-0.1, -0.05) is 0 Å². The van der Waals surface area contributed by atoms with Gasteiger partial charge in [-0.3, -0.25) is 0 Å². The predicted molar refractivity (Wildman–Crippen MR) is 77.4 cm³/mol. The number of imidazole rings is 1. The Kier molecular flexibility index (Phi) is 3.90. The molecule has 0 bridgehead atoms. The minimum Gasteiger partial charge on any atom is -0.496 e. The maximum Gasteiger partial charge on any atom is 0.124 e. The van der Waals surface area contributed by atoms with Crippen molar-refractivity contribution in [3.05, 3.63) is 35.3 Å². The summed E-state index contributed by atoms with van der Waals surface area (Å²) in [7, 11) is 5.67. The first kappa shape index (κ1) is 13.6. The second-order valence-corrected chi connectivity index (χ2v) is 4.82. The van der Waals surface area contributed by atoms with Crippen LogP contribution in [-0.2, 0) is 13.6 Å². The van der Waals surface area contributed by atoms with E-state index in [9.17, 15) is 0 Å². The van der Waals surface area contributed by atoms with Crippen LogP contribution in [-0.4, -0.2) is 23.7 Å². The van der Waals surface area contributed by atoms with Crippen molar-refractivity contribution in [1.29, 1.82) is 0 Å². The van der Waals surface area contributed by atoms with Gasteiger partial charge in [-0.15, -0.1) is 0 Å². The van der Waals surface area contributed by atoms with Crippen LogP contribution in [0.15, 0.2) is 18.5 Å². The smallest absolute Gasteiger partial charge is 0.124 e. The SMILES string of the molecule is CNCc1ncn(C)c1-c1cc(C)c(OC)c(C)c1. The average molecular weight is 259 g/mol. The van der Waals surface area contributed by atoms with E-state index < -0.39 is 0 Å². The molecule has 0 unspecified atom stereocenters. The van der Waals surface area contributed by atoms with E-state index >= 15 is 0 Å². The molecule has 0 saturated carbocycles. The minimum atomic E-state index is 0.764. The molecule has 0 aliphatic carbocycles. The normalized spacial score (nSPS) is 10.8. The first-order valence-corrected chi connectivity index (χ1v) is 6.39. The van der Waals surface area contributed by atoms with Crippen LogP contribution < -0.4 is 10.1 Å². The fourth-order valence-electron chi connectivity index (χ4n) is 2.55. The Morgan fingerprint density at radius 2 is 1.89 bits per heavy atom. The average Bonchev–Trinajstić information content (AvgIpc) is 2.70. The third-order valence-corrected chi connectivity index (χ3v) is 3.29. The summed E-state index contributed by atoms with van der Waals surface area (Å²) >= 11 is 0. The van der Waals surface area contributed by atoms with Gasteiger partial charge in [-0.2, -0.15) is 0 Å². The number of hydrogen-bond donors (Lipinski definition) is 1. The molecule has 2 aromatic rings. The Bertz CT molecular complexity index is 564. The van der Waals surface area contributed by atoms with Crippen molar-refractivity contribution in [2.45, 2.75) is 20.4 Å². The number of nitrogens with zero attached hydrogens (tertiary/aromatic N) is 2. The molecular formula is C15H21N3O. The summed E-state index contributed by atoms with van der Waals surface area (Å²) in [6.07, 6.45) is 1.86. The topological polar surface area (TPSA) is 39.1 Å². The number of ether oxygens (including phenoxy) is 1. The van der Waals surface area contributed by atoms with Gasteiger partial charge in [-0.25, -0.2) is 4.98 Å². The first-order chi connectivity index (χ1) is 9.08. The zero-order chi connectivity index (χ0) is 14.0. The molecule has 0 saturated heterocycles. The molecule has 0 aliphatic rings. The van der Waals surface area contributed by atoms with Gasteiger partial charge in [0.25, 0.3) is 0 Å². The minimum absolute atomic E-state index is 0.764. The summed E-state index contributed by atoms with van der Waals surface area (Å²) in [5, 5.41) is 3.16. The first-order valence-electron chi connectivity index (χ1n) is 6.39. The maximum absolute atomic E-state index is 5.42. The monoisotopic (exact) mass is 259 g/mol. The van der Waals surface area contributed by atoms with Crippen LogP contribution in [0.1, 0.15) is 16.8 Å². The van der Waals surface area contributed by atoms with E-state index in [1.165, 1.54) is 5.56 Å². The van der Waals surface area contributed by atoms with E-state index in [0.29, 0.717) is 0 Å². The van der Waals surface area contributed by atoms with Gasteiger partial charge in [-0.05, 0) is 44.2 Å². The van der Waals surface area contributed by atoms with Gasteiger partial charge in [0.15, 0.2) is 0 Å². The molecular weight excluding hydrogens is 238 g/mol. The third kappa shape index (κ3) is 2.49. The molecule has 0 amide bonds. The molecule has 0 atom stereocenters. The zero-order valence-electron chi connectivity index (χ0n) is 12.2. The summed E-state index contributed by atoms with van der Waals surface area (Å²) in [4.78, 5) is 4.45. The van der Waals surface area contributed by atoms with E-state index in [1.807, 2.05) is 20.4 Å². The molecule has 1 aromatic heterocycles. The van der Waals surface area contributed by atoms with Gasteiger partial charge in [0.2, 0.25) is 0 Å². The van der Waals surface area contributed by atoms with Crippen LogP contribution >= 0.6 is 0 Å². The van der Waals surface area contributed by atoms with E-state index in [1.54, 1.807) is 7.11 Å². The van der Waals surface area contributed by atoms with Crippen LogP contribution in [0, 0.1) is 13.8 Å². The zero-order valence-corrected chi connectivity index (χ0v) is 12.2. The number of aryl methyl sites for hydroxylation is 3. The summed E-state index contributed by atoms with van der Waals surface area (Å²) in [6.45, 7) is 4.91. The van der Waals surface area contributed by atoms with Crippen LogP contribution in [0.25, 0.3) is 11.3 Å². The van der Waals surface area contributed by atoms with Gasteiger partial charge in [0.05, 0.1) is 24.8 Å². The Hall–Kier alpha value is -1.81. The quantitative estimate of drug-likeness (QED) is 0.916. The summed E-state index contributed by atoms with van der Waals surface area (Å²) in [6, 6.07) is 4.31. The van der Waals surface area contributed by atoms with Crippen molar-refractivity contribution in [1.82, 2.24) is 14.9 Å². The molecule has 0 fully saturated rings. The summed E-state index contributed by atoms with van der Waals surface area (Å²) < 4.78 is 7.48. The molecule has 0 spiro atoms. The molecule has 1 N–H and O–H groups in total. The van der Waals surface area contributed by atoms with E-state index in [2.05, 4.69) is 40.8 Å². The lowest BCUT2D eigenvalue weighted by atomic mass is 10.0. The molecule has 102 valence electrons. The Morgan fingerprint density at radius 3 is 2.42 bits per heavy atom. The number of benzene rings is 1. The highest BCUT2D eigenvalue weighted by atomic mass is 16.5. The molecule has 19 heavy (non-hydrogen) atoms. The lowest BCUT2D eigenvalue weighted by Gasteiger charge is -2.13. The number of hydrogen-bond acceptors (Lipinski definition) is 3. The van der Waals surface area contributed by atoms with Gasteiger partial charge in [0, 0.05) is 19.2 Å². The van der Waals surface area contributed by atoms with E-state index in [-0.39, 0.29) is 0 Å². The second kappa shape index (κ2) is 5.45. The number of methoxy groups -OCH3 is 1. The molecule has 0 radical (unpaired) electrons. The van der Waals surface area contributed by atoms with Crippen LogP contribution in [0.2, 0.25) is 0 Å². The fraction of sp³-hybridized carbons (Fsp3) is 0.400. The second-order valence-electron chi connectivity index (χ2n) is 4.82. The van der Waals surface area contributed by atoms with E-state index in [4.69, 9.17) is 4.74 Å². The van der Waals surface area contributed by atoms with Gasteiger partial charge in [0.1, 0.15) is 5.75 Å². The van der Waals surface area contributed by atoms with Crippen molar-refractivity contribution in [3.63, 3.8) is 0 Å². The molecule has 2 rings (SSSR count). The predicted octanol–water partition coefficient (Wildman–Crippen LogP) is 2.43. The summed E-state index contributed by atoms with van der Waals surface area (Å²) in [5.41, 5.74) is 5.70. The Morgan fingerprint density at radius 1 is 1.26 bits per heavy atom. The van der Waals surface area contributed by atoms with Crippen LogP contribution in [0.3, 0.4) is 0 Å². The van der Waals surface area contributed by atoms with Crippen molar-refractivity contribution in [2.24, 2.45) is 7.05 Å². The van der Waals surface area contributed by atoms with Gasteiger partial charge >= 0.3 is 0 Å². The number of aromatic nitrogens is 2. The lowest BCUT2D eigenvalue weighted by Crippen LogP contribution is -2.07. The highest BCUT2D eigenvalue weighted by molar-refractivity contribution is 5.66. The van der Waals surface area contributed by atoms with Crippen molar-refractivity contribution in [2.75, 3.05) is 14.2 Å². The number of rotatable bonds is 4. The molecule has 0 aliphatic heterocycles. The Balaban J connectivity index is 2.56. The highest BCUT2D eigenvalue weighted by Crippen LogP contribution is 2.31. The van der Waals surface area contributed by atoms with Crippen molar-refractivity contribution >= 4 is 0 Å². The maximum atomic E-state index is 5.42. The molecule has 1 aromatic carbocycles. The molecule has 4 nitrogen and oxygen atoms in total. The third-order valence-electron chi connectivity index (χ3n) is 3.29. The van der Waals surface area contributed by atoms with Crippen LogP contribution in [0.5, 0.6) is 5.75 Å². The molecule has 4 heteroatoms.